The molecule has 2 atom stereocenters. The highest BCUT2D eigenvalue weighted by Crippen LogP contribution is 2.36. The zero-order chi connectivity index (χ0) is 26.5. The quantitative estimate of drug-likeness (QED) is 0.622. The molecule has 13 heteroatoms. The van der Waals surface area contributed by atoms with Gasteiger partial charge in [0.1, 0.15) is 6.04 Å². The van der Waals surface area contributed by atoms with Gasteiger partial charge in [0.25, 0.3) is 5.56 Å². The Kier molecular flexibility index (Phi) is 6.43. The number of aromatic nitrogens is 2. The van der Waals surface area contributed by atoms with Gasteiger partial charge in [0, 0.05) is 18.9 Å². The van der Waals surface area contributed by atoms with Crippen LogP contribution in [0, 0.1) is 0 Å². The van der Waals surface area contributed by atoms with E-state index >= 15 is 0 Å². The highest BCUT2D eigenvalue weighted by molar-refractivity contribution is 6.32. The van der Waals surface area contributed by atoms with Crippen molar-refractivity contribution in [2.75, 3.05) is 7.05 Å². The van der Waals surface area contributed by atoms with Crippen molar-refractivity contribution in [3.63, 3.8) is 0 Å². The molecule has 1 aromatic carbocycles. The van der Waals surface area contributed by atoms with Crippen molar-refractivity contribution in [2.24, 2.45) is 0 Å². The van der Waals surface area contributed by atoms with E-state index in [1.54, 1.807) is 13.1 Å². The molecule has 1 aliphatic heterocycles. The number of benzene rings is 1. The number of nitrogens with one attached hydrogen (secondary N) is 1. The summed E-state index contributed by atoms with van der Waals surface area (Å²) in [4.78, 5) is 52.9. The van der Waals surface area contributed by atoms with Crippen LogP contribution in [0.1, 0.15) is 34.8 Å². The van der Waals surface area contributed by atoms with Crippen LogP contribution in [0.2, 0.25) is 5.02 Å². The van der Waals surface area contributed by atoms with Crippen LogP contribution in [0.5, 0.6) is 0 Å². The average molecular weight is 524 g/mol. The van der Waals surface area contributed by atoms with E-state index in [4.69, 9.17) is 11.6 Å². The molecule has 0 saturated carbocycles. The van der Waals surface area contributed by atoms with Crippen LogP contribution in [0.3, 0.4) is 0 Å². The number of ketones is 1. The van der Waals surface area contributed by atoms with Crippen LogP contribution >= 0.6 is 11.6 Å². The Morgan fingerprint density at radius 2 is 1.89 bits per heavy atom. The van der Waals surface area contributed by atoms with E-state index in [9.17, 15) is 37.5 Å². The highest BCUT2D eigenvalue weighted by atomic mass is 35.5. The molecule has 0 spiro atoms. The largest absolute Gasteiger partial charge is 0.545 e. The topological polar surface area (TPSA) is 116 Å². The maximum atomic E-state index is 13.3. The molecule has 1 saturated heterocycles. The predicted molar refractivity (Wildman–Crippen MR) is 121 cm³/mol. The number of hydrogen-bond donors (Lipinski definition) is 1. The third kappa shape index (κ3) is 4.16. The van der Waals surface area contributed by atoms with Gasteiger partial charge >= 0.3 is 11.9 Å². The minimum absolute atomic E-state index is 0.148. The number of carbonyl (C=O) groups excluding carboxylic acids is 2. The lowest BCUT2D eigenvalue weighted by atomic mass is 10.0. The number of likely N-dealkylation sites (N-methyl/N-ethyl adjacent to an activating group) is 1. The summed E-state index contributed by atoms with van der Waals surface area (Å²) < 4.78 is 40.9. The fraction of sp³-hybridized carbons (Fsp3) is 0.304. The maximum Gasteiger partial charge on any atom is 0.417 e. The van der Waals surface area contributed by atoms with E-state index in [1.807, 2.05) is 11.8 Å². The lowest BCUT2D eigenvalue weighted by Crippen LogP contribution is -2.47. The van der Waals surface area contributed by atoms with Crippen molar-refractivity contribution in [1.29, 1.82) is 0 Å². The molecule has 1 fully saturated rings. The third-order valence-corrected chi connectivity index (χ3v) is 6.65. The van der Waals surface area contributed by atoms with Gasteiger partial charge in [-0.1, -0.05) is 30.7 Å². The first-order chi connectivity index (χ1) is 16.9. The molecule has 2 heterocycles. The fourth-order valence-electron chi connectivity index (χ4n) is 4.33. The van der Waals surface area contributed by atoms with E-state index < -0.39 is 57.9 Å². The smallest absolute Gasteiger partial charge is 0.417 e. The number of carboxylic acid groups (broad SMARTS) is 1. The fourth-order valence-corrected chi connectivity index (χ4v) is 4.62. The van der Waals surface area contributed by atoms with Crippen molar-refractivity contribution in [3.05, 3.63) is 84.8 Å². The number of hydrogen-bond acceptors (Lipinski definition) is 7. The second-order valence-corrected chi connectivity index (χ2v) is 8.67. The number of fused-ring (bicyclic) bond motifs is 1. The summed E-state index contributed by atoms with van der Waals surface area (Å²) in [5, 5.41) is 14.0. The van der Waals surface area contributed by atoms with Crippen molar-refractivity contribution in [3.8, 4) is 0 Å². The molecular formula is C23H19ClF3N4O5-. The number of carboxylic acids is 1. The second-order valence-electron chi connectivity index (χ2n) is 8.29. The summed E-state index contributed by atoms with van der Waals surface area (Å²) in [7, 11) is 1.79. The lowest BCUT2D eigenvalue weighted by Gasteiger charge is -2.23. The maximum absolute atomic E-state index is 13.3. The Bertz CT molecular complexity index is 1460. The summed E-state index contributed by atoms with van der Waals surface area (Å²) in [6, 6.07) is 2.14. The van der Waals surface area contributed by atoms with Gasteiger partial charge in [0.15, 0.2) is 0 Å². The molecule has 1 N–H and O–H groups in total. The van der Waals surface area contributed by atoms with E-state index in [0.29, 0.717) is 27.4 Å². The van der Waals surface area contributed by atoms with Crippen LogP contribution in [-0.2, 0) is 17.5 Å². The Morgan fingerprint density at radius 3 is 2.50 bits per heavy atom. The number of Topliss-reactive ketones (excluding diaryl/α,β-unsaturated/α-hetero) is 1. The molecule has 0 bridgehead atoms. The predicted octanol–water partition coefficient (Wildman–Crippen LogP) is 1.04. The summed E-state index contributed by atoms with van der Waals surface area (Å²) in [5.41, 5.74) is -4.41. The lowest BCUT2D eigenvalue weighted by molar-refractivity contribution is -0.255. The molecule has 2 unspecified atom stereocenters. The Hall–Kier alpha value is -3.64. The van der Waals surface area contributed by atoms with Gasteiger partial charge in [-0.15, -0.1) is 0 Å². The van der Waals surface area contributed by atoms with Gasteiger partial charge in [-0.3, -0.25) is 24.0 Å². The summed E-state index contributed by atoms with van der Waals surface area (Å²) in [6.45, 7) is 1.14. The monoisotopic (exact) mass is 523 g/mol. The number of rotatable bonds is 5. The van der Waals surface area contributed by atoms with Crippen LogP contribution in [-0.4, -0.2) is 45.0 Å². The third-order valence-electron chi connectivity index (χ3n) is 6.21. The number of halogens is 4. The van der Waals surface area contributed by atoms with Gasteiger partial charge in [0.2, 0.25) is 5.78 Å². The molecule has 2 aromatic rings. The molecule has 9 nitrogen and oxygen atoms in total. The number of allylic oxidation sites excluding steroid dienone is 2. The average Bonchev–Trinajstić information content (AvgIpc) is 3.14. The first-order valence-corrected chi connectivity index (χ1v) is 11.1. The Balaban J connectivity index is 1.86. The van der Waals surface area contributed by atoms with Crippen molar-refractivity contribution in [1.82, 2.24) is 19.4 Å². The minimum Gasteiger partial charge on any atom is -0.545 e. The summed E-state index contributed by atoms with van der Waals surface area (Å²) in [5.74, 6) is -2.48. The molecular weight excluding hydrogens is 505 g/mol. The van der Waals surface area contributed by atoms with E-state index in [1.165, 1.54) is 12.1 Å². The SMILES string of the molecule is CCC1NC2C(=O)C(n3cc(C(=O)[O-])c(=O)n(Cc4cccc(C(F)(F)F)c4Cl)c3=O)=CC=C2N1C. The van der Waals surface area contributed by atoms with Crippen molar-refractivity contribution in [2.45, 2.75) is 38.3 Å². The van der Waals surface area contributed by atoms with Crippen molar-refractivity contribution >= 4 is 29.1 Å². The zero-order valence-electron chi connectivity index (χ0n) is 18.9. The molecule has 0 radical (unpaired) electrons. The number of nitrogens with zero attached hydrogens (tertiary/aromatic N) is 3. The van der Waals surface area contributed by atoms with Gasteiger partial charge in [-0.25, -0.2) is 4.79 Å². The van der Waals surface area contributed by atoms with Crippen LogP contribution < -0.4 is 21.7 Å². The van der Waals surface area contributed by atoms with Gasteiger partial charge in [0.05, 0.1) is 40.5 Å². The number of carbonyl (C=O) groups is 2. The number of alkyl halides is 3. The summed E-state index contributed by atoms with van der Waals surface area (Å²) in [6.07, 6.45) is -0.685. The highest BCUT2D eigenvalue weighted by Gasteiger charge is 2.40. The molecule has 1 aromatic heterocycles. The van der Waals surface area contributed by atoms with Crippen molar-refractivity contribution < 1.29 is 27.9 Å². The van der Waals surface area contributed by atoms with E-state index in [-0.39, 0.29) is 17.4 Å². The standard InChI is InChI=1S/C23H20ClF3N4O5/c1-3-16-28-18-14(29(16)2)7-8-15(19(18)32)30-10-12(21(34)35)20(33)31(22(30)36)9-11-5-4-6-13(17(11)24)23(25,26)27/h4-8,10,16,18,28H,3,9H2,1-2H3,(H,34,35)/p-1. The summed E-state index contributed by atoms with van der Waals surface area (Å²) >= 11 is 5.90. The Labute approximate surface area is 206 Å². The first-order valence-electron chi connectivity index (χ1n) is 10.7. The van der Waals surface area contributed by atoms with Crippen LogP contribution in [0.15, 0.2) is 51.8 Å². The van der Waals surface area contributed by atoms with E-state index in [2.05, 4.69) is 5.32 Å². The van der Waals surface area contributed by atoms with Gasteiger partial charge < -0.3 is 14.8 Å². The molecule has 190 valence electrons. The second kappa shape index (κ2) is 9.10. The number of aromatic carboxylic acids is 1. The van der Waals surface area contributed by atoms with Gasteiger partial charge in [-0.2, -0.15) is 13.2 Å². The zero-order valence-corrected chi connectivity index (χ0v) is 19.7. The molecule has 1 aliphatic carbocycles. The van der Waals surface area contributed by atoms with Crippen LogP contribution in [0.25, 0.3) is 5.70 Å². The normalized spacial score (nSPS) is 19.7. The minimum atomic E-state index is -4.80. The molecule has 2 aliphatic rings. The first kappa shape index (κ1) is 25.5. The Morgan fingerprint density at radius 1 is 1.19 bits per heavy atom. The van der Waals surface area contributed by atoms with E-state index in [0.717, 1.165) is 12.1 Å². The molecule has 4 rings (SSSR count). The molecule has 0 amide bonds. The van der Waals surface area contributed by atoms with Crippen LogP contribution in [0.4, 0.5) is 13.2 Å². The van der Waals surface area contributed by atoms with Gasteiger partial charge in [-0.05, 0) is 30.2 Å². The molecule has 36 heavy (non-hydrogen) atoms.